The van der Waals surface area contributed by atoms with E-state index in [4.69, 9.17) is 0 Å². The lowest BCUT2D eigenvalue weighted by molar-refractivity contribution is -0.211. The average Bonchev–Trinajstić information content (AvgIpc) is 1.98. The smallest absolute Gasteiger partial charge is 0.453 e. The predicted molar refractivity (Wildman–Crippen MR) is 52.3 cm³/mol. The first-order valence-corrected chi connectivity index (χ1v) is 5.79. The molecule has 0 aliphatic rings. The maximum atomic E-state index is 11.8. The van der Waals surface area contributed by atoms with Crippen molar-refractivity contribution in [3.05, 3.63) is 0 Å². The van der Waals surface area contributed by atoms with Gasteiger partial charge in [0, 0.05) is 5.75 Å². The van der Waals surface area contributed by atoms with Crippen molar-refractivity contribution in [3.63, 3.8) is 0 Å². The van der Waals surface area contributed by atoms with Gasteiger partial charge in [-0.2, -0.15) is 13.2 Å². The van der Waals surface area contributed by atoms with Crippen molar-refractivity contribution in [2.45, 2.75) is 32.0 Å². The number of carbonyl (C=O) groups is 1. The highest BCUT2D eigenvalue weighted by molar-refractivity contribution is 8.68. The molecule has 0 atom stereocenters. The number of rotatable bonds is 4. The molecule has 0 aliphatic carbocycles. The van der Waals surface area contributed by atoms with Gasteiger partial charge in [0.05, 0.1) is 0 Å². The summed E-state index contributed by atoms with van der Waals surface area (Å²) in [5, 5.41) is 0. The zero-order valence-electron chi connectivity index (χ0n) is 7.72. The SMILES string of the molecule is CC(C)(CCSS)OC(=O)C(F)(F)F. The predicted octanol–water partition coefficient (Wildman–Crippen LogP) is 2.84. The van der Waals surface area contributed by atoms with Crippen molar-refractivity contribution >= 4 is 28.4 Å². The van der Waals surface area contributed by atoms with E-state index in [0.29, 0.717) is 12.2 Å². The quantitative estimate of drug-likeness (QED) is 0.471. The minimum absolute atomic E-state index is 0.322. The van der Waals surface area contributed by atoms with Gasteiger partial charge in [-0.25, -0.2) is 4.79 Å². The van der Waals surface area contributed by atoms with Crippen LogP contribution < -0.4 is 0 Å². The fraction of sp³-hybridized carbons (Fsp3) is 0.857. The summed E-state index contributed by atoms with van der Waals surface area (Å²) in [5.74, 6) is -1.63. The number of alkyl halides is 3. The summed E-state index contributed by atoms with van der Waals surface area (Å²) in [6.07, 6.45) is -4.60. The molecular weight excluding hydrogens is 237 g/mol. The third-order valence-electron chi connectivity index (χ3n) is 1.40. The topological polar surface area (TPSA) is 26.3 Å². The first-order valence-electron chi connectivity index (χ1n) is 3.75. The summed E-state index contributed by atoms with van der Waals surface area (Å²) in [6.45, 7) is 2.86. The van der Waals surface area contributed by atoms with Crippen LogP contribution in [0.25, 0.3) is 0 Å². The monoisotopic (exact) mass is 248 g/mol. The van der Waals surface area contributed by atoms with Crippen LogP contribution in [0.3, 0.4) is 0 Å². The number of carbonyl (C=O) groups excluding carboxylic acids is 1. The molecule has 84 valence electrons. The minimum atomic E-state index is -4.93. The summed E-state index contributed by atoms with van der Waals surface area (Å²) >= 11 is 3.83. The van der Waals surface area contributed by atoms with Crippen molar-refractivity contribution in [3.8, 4) is 0 Å². The van der Waals surface area contributed by atoms with E-state index >= 15 is 0 Å². The lowest BCUT2D eigenvalue weighted by Crippen LogP contribution is -2.35. The van der Waals surface area contributed by atoms with Crippen LogP contribution in [0, 0.1) is 0 Å². The van der Waals surface area contributed by atoms with Crippen molar-refractivity contribution in [1.82, 2.24) is 0 Å². The molecule has 0 spiro atoms. The minimum Gasteiger partial charge on any atom is -0.453 e. The van der Waals surface area contributed by atoms with Gasteiger partial charge < -0.3 is 4.74 Å². The van der Waals surface area contributed by atoms with Gasteiger partial charge in [0.15, 0.2) is 0 Å². The molecule has 0 radical (unpaired) electrons. The van der Waals surface area contributed by atoms with Gasteiger partial charge in [-0.15, -0.1) is 11.7 Å². The Morgan fingerprint density at radius 1 is 1.43 bits per heavy atom. The van der Waals surface area contributed by atoms with Crippen LogP contribution in [-0.2, 0) is 9.53 Å². The Morgan fingerprint density at radius 2 is 1.93 bits per heavy atom. The second-order valence-corrected chi connectivity index (χ2v) is 4.67. The zero-order valence-corrected chi connectivity index (χ0v) is 9.43. The molecule has 0 unspecified atom stereocenters. The van der Waals surface area contributed by atoms with Crippen LogP contribution >= 0.6 is 22.5 Å². The van der Waals surface area contributed by atoms with Crippen LogP contribution in [0.4, 0.5) is 13.2 Å². The Kier molecular flexibility index (Phi) is 5.14. The summed E-state index contributed by atoms with van der Waals surface area (Å²) < 4.78 is 39.7. The van der Waals surface area contributed by atoms with Crippen molar-refractivity contribution in [2.75, 3.05) is 5.75 Å². The fourth-order valence-electron chi connectivity index (χ4n) is 0.651. The number of halogens is 3. The lowest BCUT2D eigenvalue weighted by Gasteiger charge is -2.25. The molecule has 14 heavy (non-hydrogen) atoms. The normalized spacial score (nSPS) is 12.7. The molecule has 0 aromatic rings. The summed E-state index contributed by atoms with van der Waals surface area (Å²) in [4.78, 5) is 10.5. The Morgan fingerprint density at radius 3 is 2.29 bits per heavy atom. The van der Waals surface area contributed by atoms with Crippen molar-refractivity contribution in [1.29, 1.82) is 0 Å². The fourth-order valence-corrected chi connectivity index (χ4v) is 1.51. The van der Waals surface area contributed by atoms with E-state index in [-0.39, 0.29) is 0 Å². The van der Waals surface area contributed by atoms with E-state index in [2.05, 4.69) is 16.4 Å². The highest BCUT2D eigenvalue weighted by atomic mass is 33.1. The maximum Gasteiger partial charge on any atom is 0.490 e. The molecule has 0 bridgehead atoms. The van der Waals surface area contributed by atoms with Crippen LogP contribution in [0.1, 0.15) is 20.3 Å². The molecule has 7 heteroatoms. The van der Waals surface area contributed by atoms with E-state index in [1.807, 2.05) is 0 Å². The molecule has 0 heterocycles. The Hall–Kier alpha value is -0.0400. The number of thiol groups is 1. The standard InChI is InChI=1S/C7H11F3O2S2/c1-6(2,3-4-14-13)12-5(11)7(8,9)10/h13H,3-4H2,1-2H3. The molecule has 0 rings (SSSR count). The number of hydrogen-bond donors (Lipinski definition) is 1. The second kappa shape index (κ2) is 5.16. The van der Waals surface area contributed by atoms with Crippen LogP contribution in [-0.4, -0.2) is 23.5 Å². The van der Waals surface area contributed by atoms with Gasteiger partial charge in [0.25, 0.3) is 0 Å². The van der Waals surface area contributed by atoms with Crippen LogP contribution in [0.2, 0.25) is 0 Å². The van der Waals surface area contributed by atoms with Gasteiger partial charge in [0.1, 0.15) is 5.60 Å². The van der Waals surface area contributed by atoms with Gasteiger partial charge in [-0.05, 0) is 20.3 Å². The summed E-state index contributed by atoms with van der Waals surface area (Å²) in [7, 11) is 1.18. The maximum absolute atomic E-state index is 11.8. The molecule has 0 aromatic carbocycles. The van der Waals surface area contributed by atoms with Crippen LogP contribution in [0.5, 0.6) is 0 Å². The van der Waals surface area contributed by atoms with Crippen molar-refractivity contribution in [2.24, 2.45) is 0 Å². The first-order chi connectivity index (χ1) is 6.19. The Labute approximate surface area is 89.4 Å². The molecule has 0 aliphatic heterocycles. The van der Waals surface area contributed by atoms with Gasteiger partial charge >= 0.3 is 12.1 Å². The van der Waals surface area contributed by atoms with Gasteiger partial charge in [-0.1, -0.05) is 10.8 Å². The molecule has 0 saturated carbocycles. The highest BCUT2D eigenvalue weighted by Crippen LogP contribution is 2.24. The largest absolute Gasteiger partial charge is 0.490 e. The van der Waals surface area contributed by atoms with Gasteiger partial charge in [-0.3, -0.25) is 0 Å². The molecule has 0 saturated heterocycles. The molecule has 0 aromatic heterocycles. The van der Waals surface area contributed by atoms with E-state index < -0.39 is 17.7 Å². The summed E-state index contributed by atoms with van der Waals surface area (Å²) in [5.41, 5.74) is -1.11. The zero-order chi connectivity index (χ0) is 11.4. The van der Waals surface area contributed by atoms with Crippen LogP contribution in [0.15, 0.2) is 0 Å². The first kappa shape index (κ1) is 14.0. The van der Waals surface area contributed by atoms with E-state index in [1.165, 1.54) is 24.6 Å². The van der Waals surface area contributed by atoms with Gasteiger partial charge in [0.2, 0.25) is 0 Å². The number of ether oxygens (including phenoxy) is 1. The molecule has 0 N–H and O–H groups in total. The van der Waals surface area contributed by atoms with E-state index in [0.717, 1.165) is 0 Å². The third-order valence-corrected chi connectivity index (χ3v) is 2.33. The van der Waals surface area contributed by atoms with E-state index in [9.17, 15) is 18.0 Å². The molecular formula is C7H11F3O2S2. The third kappa shape index (κ3) is 5.64. The molecule has 0 fully saturated rings. The summed E-state index contributed by atoms with van der Waals surface area (Å²) in [6, 6.07) is 0. The molecule has 2 nitrogen and oxygen atoms in total. The highest BCUT2D eigenvalue weighted by Gasteiger charge is 2.43. The molecule has 0 amide bonds. The van der Waals surface area contributed by atoms with Crippen molar-refractivity contribution < 1.29 is 22.7 Å². The Bertz CT molecular complexity index is 204. The lowest BCUT2D eigenvalue weighted by atomic mass is 10.1. The number of esters is 1. The number of hydrogen-bond acceptors (Lipinski definition) is 4. The average molecular weight is 248 g/mol. The van der Waals surface area contributed by atoms with E-state index in [1.54, 1.807) is 0 Å². The Balaban J connectivity index is 4.15. The second-order valence-electron chi connectivity index (χ2n) is 3.23.